The average molecular weight is 330 g/mol. The first-order chi connectivity index (χ1) is 11.7. The normalized spacial score (nSPS) is 20.2. The van der Waals surface area contributed by atoms with Crippen LogP contribution in [-0.2, 0) is 4.74 Å². The lowest BCUT2D eigenvalue weighted by atomic mass is 10.2. The molecule has 128 valence electrons. The fourth-order valence-electron chi connectivity index (χ4n) is 2.90. The minimum atomic E-state index is 0.180. The largest absolute Gasteiger partial charge is 0.481 e. The van der Waals surface area contributed by atoms with Crippen molar-refractivity contribution in [3.8, 4) is 5.88 Å². The zero-order valence-electron chi connectivity index (χ0n) is 14.1. The third-order valence-electron chi connectivity index (χ3n) is 4.11. The molecule has 1 fully saturated rings. The van der Waals surface area contributed by atoms with Crippen LogP contribution in [0.3, 0.4) is 0 Å². The number of nitrogens with zero attached hydrogens (tertiary/aromatic N) is 5. The van der Waals surface area contributed by atoms with Crippen molar-refractivity contribution in [2.75, 3.05) is 37.5 Å². The van der Waals surface area contributed by atoms with Crippen molar-refractivity contribution in [1.29, 1.82) is 0 Å². The zero-order valence-corrected chi connectivity index (χ0v) is 14.1. The number of rotatable bonds is 6. The third-order valence-corrected chi connectivity index (χ3v) is 4.11. The quantitative estimate of drug-likeness (QED) is 0.848. The second-order valence-corrected chi connectivity index (χ2v) is 5.72. The third kappa shape index (κ3) is 3.70. The Bertz CT molecular complexity index is 669. The standard InChI is InChI=1S/C16H22N6O2/c1-11-6-15(24-3)21-16(20-11)18-8-12-7-13(23-2)9-22(12)14-4-5-17-10-19-14/h4-6,10,12-13H,7-9H2,1-3H3,(H,18,20,21)/t12-,13-/m1/s1. The van der Waals surface area contributed by atoms with E-state index in [0.29, 0.717) is 18.4 Å². The van der Waals surface area contributed by atoms with E-state index in [9.17, 15) is 0 Å². The highest BCUT2D eigenvalue weighted by molar-refractivity contribution is 5.41. The number of aromatic nitrogens is 4. The maximum atomic E-state index is 5.54. The van der Waals surface area contributed by atoms with Gasteiger partial charge in [-0.1, -0.05) is 0 Å². The first-order valence-corrected chi connectivity index (χ1v) is 7.88. The van der Waals surface area contributed by atoms with Crippen molar-refractivity contribution >= 4 is 11.8 Å². The number of ether oxygens (including phenoxy) is 2. The second-order valence-electron chi connectivity index (χ2n) is 5.72. The number of hydrogen-bond acceptors (Lipinski definition) is 8. The SMILES string of the molecule is COc1cc(C)nc(NC[C@H]2C[C@@H](OC)CN2c2ccncn2)n1. The number of anilines is 2. The minimum absolute atomic E-state index is 0.180. The molecule has 0 saturated carbocycles. The minimum Gasteiger partial charge on any atom is -0.481 e. The summed E-state index contributed by atoms with van der Waals surface area (Å²) in [6.07, 6.45) is 4.41. The van der Waals surface area contributed by atoms with Crippen LogP contribution in [0.5, 0.6) is 5.88 Å². The van der Waals surface area contributed by atoms with Gasteiger partial charge in [-0.3, -0.25) is 0 Å². The van der Waals surface area contributed by atoms with Crippen LogP contribution in [0.1, 0.15) is 12.1 Å². The van der Waals surface area contributed by atoms with Crippen molar-refractivity contribution in [3.63, 3.8) is 0 Å². The predicted octanol–water partition coefficient (Wildman–Crippen LogP) is 1.29. The van der Waals surface area contributed by atoms with Crippen LogP contribution in [0.25, 0.3) is 0 Å². The molecule has 3 heterocycles. The van der Waals surface area contributed by atoms with Gasteiger partial charge in [-0.2, -0.15) is 4.98 Å². The van der Waals surface area contributed by atoms with E-state index in [2.05, 4.69) is 30.2 Å². The first-order valence-electron chi connectivity index (χ1n) is 7.88. The van der Waals surface area contributed by atoms with E-state index in [1.807, 2.05) is 13.0 Å². The summed E-state index contributed by atoms with van der Waals surface area (Å²) in [4.78, 5) is 19.3. The molecular formula is C16H22N6O2. The smallest absolute Gasteiger partial charge is 0.226 e. The second kappa shape index (κ2) is 7.39. The molecular weight excluding hydrogens is 308 g/mol. The number of hydrogen-bond donors (Lipinski definition) is 1. The fourth-order valence-corrected chi connectivity index (χ4v) is 2.90. The van der Waals surface area contributed by atoms with Gasteiger partial charge in [0.15, 0.2) is 0 Å². The summed E-state index contributed by atoms with van der Waals surface area (Å²) in [5.41, 5.74) is 0.859. The Labute approximate surface area is 141 Å². The molecule has 0 spiro atoms. The van der Waals surface area contributed by atoms with E-state index >= 15 is 0 Å². The monoisotopic (exact) mass is 330 g/mol. The lowest BCUT2D eigenvalue weighted by Crippen LogP contribution is -2.36. The van der Waals surface area contributed by atoms with Crippen LogP contribution in [0.2, 0.25) is 0 Å². The summed E-state index contributed by atoms with van der Waals surface area (Å²) in [6, 6.07) is 3.95. The van der Waals surface area contributed by atoms with Crippen LogP contribution in [0, 0.1) is 6.92 Å². The maximum Gasteiger partial charge on any atom is 0.226 e. The summed E-state index contributed by atoms with van der Waals surface area (Å²) in [7, 11) is 3.34. The van der Waals surface area contributed by atoms with Crippen LogP contribution in [-0.4, -0.2) is 59.4 Å². The number of aryl methyl sites for hydroxylation is 1. The molecule has 2 aromatic rings. The molecule has 0 aliphatic carbocycles. The van der Waals surface area contributed by atoms with Gasteiger partial charge in [-0.25, -0.2) is 15.0 Å². The van der Waals surface area contributed by atoms with E-state index in [1.165, 1.54) is 0 Å². The van der Waals surface area contributed by atoms with Gasteiger partial charge in [0.1, 0.15) is 12.1 Å². The summed E-state index contributed by atoms with van der Waals surface area (Å²) in [5, 5.41) is 3.30. The zero-order chi connectivity index (χ0) is 16.9. The van der Waals surface area contributed by atoms with Gasteiger partial charge in [0.05, 0.1) is 19.3 Å². The molecule has 0 amide bonds. The Morgan fingerprint density at radius 3 is 2.92 bits per heavy atom. The van der Waals surface area contributed by atoms with E-state index in [1.54, 1.807) is 32.8 Å². The van der Waals surface area contributed by atoms with Crippen molar-refractivity contribution in [2.24, 2.45) is 0 Å². The lowest BCUT2D eigenvalue weighted by Gasteiger charge is -2.25. The molecule has 0 aromatic carbocycles. The van der Waals surface area contributed by atoms with Gasteiger partial charge >= 0.3 is 0 Å². The number of nitrogens with one attached hydrogen (secondary N) is 1. The molecule has 0 bridgehead atoms. The average Bonchev–Trinajstić information content (AvgIpc) is 3.03. The summed E-state index contributed by atoms with van der Waals surface area (Å²) >= 11 is 0. The van der Waals surface area contributed by atoms with Crippen LogP contribution >= 0.6 is 0 Å². The van der Waals surface area contributed by atoms with Gasteiger partial charge in [-0.05, 0) is 19.4 Å². The van der Waals surface area contributed by atoms with Gasteiger partial charge in [0.25, 0.3) is 0 Å². The Morgan fingerprint density at radius 2 is 2.21 bits per heavy atom. The number of methoxy groups -OCH3 is 2. The molecule has 0 unspecified atom stereocenters. The Morgan fingerprint density at radius 1 is 1.33 bits per heavy atom. The fraction of sp³-hybridized carbons (Fsp3) is 0.500. The predicted molar refractivity (Wildman–Crippen MR) is 90.4 cm³/mol. The lowest BCUT2D eigenvalue weighted by molar-refractivity contribution is 0.118. The maximum absolute atomic E-state index is 5.54. The molecule has 0 radical (unpaired) electrons. The van der Waals surface area contributed by atoms with Gasteiger partial charge in [0, 0.05) is 38.2 Å². The topological polar surface area (TPSA) is 85.3 Å². The van der Waals surface area contributed by atoms with Gasteiger partial charge in [0.2, 0.25) is 11.8 Å². The van der Waals surface area contributed by atoms with E-state index in [4.69, 9.17) is 9.47 Å². The molecule has 1 aliphatic heterocycles. The summed E-state index contributed by atoms with van der Waals surface area (Å²) in [5.74, 6) is 2.02. The molecule has 1 aliphatic rings. The molecule has 2 atom stereocenters. The van der Waals surface area contributed by atoms with Crippen LogP contribution in [0.4, 0.5) is 11.8 Å². The molecule has 8 heteroatoms. The van der Waals surface area contributed by atoms with Gasteiger partial charge < -0.3 is 19.7 Å². The Balaban J connectivity index is 1.71. The van der Waals surface area contributed by atoms with E-state index in [0.717, 1.165) is 24.5 Å². The highest BCUT2D eigenvalue weighted by atomic mass is 16.5. The molecule has 8 nitrogen and oxygen atoms in total. The Hall–Kier alpha value is -2.48. The van der Waals surface area contributed by atoms with Crippen LogP contribution in [0.15, 0.2) is 24.7 Å². The summed E-state index contributed by atoms with van der Waals surface area (Å²) in [6.45, 7) is 3.41. The first kappa shape index (κ1) is 16.4. The molecule has 2 aromatic heterocycles. The van der Waals surface area contributed by atoms with Crippen LogP contribution < -0.4 is 15.0 Å². The van der Waals surface area contributed by atoms with E-state index < -0.39 is 0 Å². The highest BCUT2D eigenvalue weighted by Crippen LogP contribution is 2.25. The molecule has 1 saturated heterocycles. The van der Waals surface area contributed by atoms with E-state index in [-0.39, 0.29) is 12.1 Å². The highest BCUT2D eigenvalue weighted by Gasteiger charge is 2.33. The summed E-state index contributed by atoms with van der Waals surface area (Å²) < 4.78 is 10.7. The molecule has 24 heavy (non-hydrogen) atoms. The molecule has 1 N–H and O–H groups in total. The van der Waals surface area contributed by atoms with Crippen molar-refractivity contribution in [1.82, 2.24) is 19.9 Å². The van der Waals surface area contributed by atoms with Crippen molar-refractivity contribution in [2.45, 2.75) is 25.5 Å². The molecule has 3 rings (SSSR count). The van der Waals surface area contributed by atoms with Crippen molar-refractivity contribution in [3.05, 3.63) is 30.4 Å². The Kier molecular flexibility index (Phi) is 5.05. The van der Waals surface area contributed by atoms with Crippen molar-refractivity contribution < 1.29 is 9.47 Å². The van der Waals surface area contributed by atoms with Gasteiger partial charge in [-0.15, -0.1) is 0 Å².